The third-order valence-electron chi connectivity index (χ3n) is 1.51. The predicted octanol–water partition coefficient (Wildman–Crippen LogP) is 0.517. The van der Waals surface area contributed by atoms with Crippen LogP contribution in [0.4, 0.5) is 10.1 Å². The topological polar surface area (TPSA) is 80.4 Å². The van der Waals surface area contributed by atoms with Gasteiger partial charge in [0.05, 0.1) is 4.90 Å². The van der Waals surface area contributed by atoms with Crippen molar-refractivity contribution >= 4 is 15.5 Å². The molecule has 0 aliphatic carbocycles. The molecule has 1 rings (SSSR count). The van der Waals surface area contributed by atoms with Crippen LogP contribution in [0.5, 0.6) is 5.75 Å². The maximum atomic E-state index is 12.8. The molecule has 0 saturated heterocycles. The Labute approximate surface area is 74.7 Å². The van der Waals surface area contributed by atoms with Crippen LogP contribution >= 0.6 is 0 Å². The zero-order valence-corrected chi connectivity index (χ0v) is 7.60. The molecule has 13 heavy (non-hydrogen) atoms. The second-order valence-corrected chi connectivity index (χ2v) is 4.63. The molecule has 1 aromatic carbocycles. The van der Waals surface area contributed by atoms with Gasteiger partial charge in [0, 0.05) is 12.3 Å². The number of rotatable bonds is 1. The van der Waals surface area contributed by atoms with Crippen LogP contribution in [0.15, 0.2) is 17.0 Å². The van der Waals surface area contributed by atoms with Crippen molar-refractivity contribution in [1.82, 2.24) is 0 Å². The highest BCUT2D eigenvalue weighted by Gasteiger charge is 2.13. The standard InChI is InChI=1S/C7H8FNO3S/c1-13(11,12)4-2-5(8)7(9)6(10)3-4/h2-3,10H,9H2,1H3. The van der Waals surface area contributed by atoms with Gasteiger partial charge in [0.15, 0.2) is 15.7 Å². The van der Waals surface area contributed by atoms with Crippen LogP contribution in [0.3, 0.4) is 0 Å². The summed E-state index contributed by atoms with van der Waals surface area (Å²) in [6.07, 6.45) is 0.914. The van der Waals surface area contributed by atoms with Gasteiger partial charge in [0.25, 0.3) is 0 Å². The summed E-state index contributed by atoms with van der Waals surface area (Å²) in [6.45, 7) is 0. The average molecular weight is 205 g/mol. The van der Waals surface area contributed by atoms with Crippen LogP contribution in [-0.4, -0.2) is 19.8 Å². The van der Waals surface area contributed by atoms with Crippen molar-refractivity contribution in [2.45, 2.75) is 4.90 Å². The summed E-state index contributed by atoms with van der Waals surface area (Å²) in [4.78, 5) is -0.295. The summed E-state index contributed by atoms with van der Waals surface area (Å²) >= 11 is 0. The number of phenolic OH excluding ortho intramolecular Hbond substituents is 1. The van der Waals surface area contributed by atoms with Crippen molar-refractivity contribution in [3.8, 4) is 5.75 Å². The molecule has 6 heteroatoms. The van der Waals surface area contributed by atoms with Crippen molar-refractivity contribution in [3.63, 3.8) is 0 Å². The minimum absolute atomic E-state index is 0.295. The maximum absolute atomic E-state index is 12.8. The van der Waals surface area contributed by atoms with Gasteiger partial charge in [-0.05, 0) is 6.07 Å². The third-order valence-corrected chi connectivity index (χ3v) is 2.60. The SMILES string of the molecule is CS(=O)(=O)c1cc(O)c(N)c(F)c1. The highest BCUT2D eigenvalue weighted by Crippen LogP contribution is 2.26. The van der Waals surface area contributed by atoms with Gasteiger partial charge in [-0.3, -0.25) is 0 Å². The van der Waals surface area contributed by atoms with E-state index in [1.54, 1.807) is 0 Å². The highest BCUT2D eigenvalue weighted by molar-refractivity contribution is 7.90. The molecule has 0 aromatic heterocycles. The molecule has 0 spiro atoms. The van der Waals surface area contributed by atoms with Gasteiger partial charge >= 0.3 is 0 Å². The zero-order valence-electron chi connectivity index (χ0n) is 6.78. The highest BCUT2D eigenvalue weighted by atomic mass is 32.2. The molecule has 4 nitrogen and oxygen atoms in total. The molecule has 3 N–H and O–H groups in total. The molecule has 0 radical (unpaired) electrons. The van der Waals surface area contributed by atoms with Crippen LogP contribution in [-0.2, 0) is 9.84 Å². The molecule has 0 aliphatic heterocycles. The Hall–Kier alpha value is -1.30. The first-order valence-corrected chi connectivity index (χ1v) is 5.19. The molecule has 0 bridgehead atoms. The first kappa shape index (κ1) is 9.79. The minimum atomic E-state index is -3.52. The lowest BCUT2D eigenvalue weighted by molar-refractivity contribution is 0.470. The summed E-state index contributed by atoms with van der Waals surface area (Å²) in [5.74, 6) is -1.51. The molecule has 72 valence electrons. The Kier molecular flexibility index (Phi) is 2.17. The van der Waals surface area contributed by atoms with E-state index in [0.717, 1.165) is 18.4 Å². The molecular formula is C7H8FNO3S. The van der Waals surface area contributed by atoms with Crippen molar-refractivity contribution < 1.29 is 17.9 Å². The van der Waals surface area contributed by atoms with E-state index in [9.17, 15) is 12.8 Å². The second kappa shape index (κ2) is 2.88. The van der Waals surface area contributed by atoms with Gasteiger partial charge < -0.3 is 10.8 Å². The predicted molar refractivity (Wildman–Crippen MR) is 45.6 cm³/mol. The lowest BCUT2D eigenvalue weighted by atomic mass is 10.3. The number of halogens is 1. The first-order valence-electron chi connectivity index (χ1n) is 3.30. The summed E-state index contributed by atoms with van der Waals surface area (Å²) < 4.78 is 34.7. The quantitative estimate of drug-likeness (QED) is 0.517. The summed E-state index contributed by atoms with van der Waals surface area (Å²) in [6, 6.07) is 1.68. The van der Waals surface area contributed by atoms with Gasteiger partial charge in [-0.1, -0.05) is 0 Å². The number of benzene rings is 1. The van der Waals surface area contributed by atoms with Gasteiger partial charge in [-0.25, -0.2) is 12.8 Å². The number of hydrogen-bond acceptors (Lipinski definition) is 4. The summed E-state index contributed by atoms with van der Waals surface area (Å²) in [5, 5.41) is 9.01. The van der Waals surface area contributed by atoms with Gasteiger partial charge in [0.2, 0.25) is 0 Å². The molecule has 0 aliphatic rings. The average Bonchev–Trinajstić information content (AvgIpc) is 1.97. The van der Waals surface area contributed by atoms with E-state index in [1.165, 1.54) is 0 Å². The number of hydrogen-bond donors (Lipinski definition) is 2. The molecule has 0 saturated carbocycles. The van der Waals surface area contributed by atoms with Crippen LogP contribution in [0.2, 0.25) is 0 Å². The Bertz CT molecular complexity index is 418. The number of nitrogens with two attached hydrogens (primary N) is 1. The van der Waals surface area contributed by atoms with Crippen molar-refractivity contribution in [3.05, 3.63) is 17.9 Å². The van der Waals surface area contributed by atoms with E-state index in [4.69, 9.17) is 10.8 Å². The molecule has 0 heterocycles. The van der Waals surface area contributed by atoms with E-state index >= 15 is 0 Å². The number of nitrogen functional groups attached to an aromatic ring is 1. The van der Waals surface area contributed by atoms with Crippen molar-refractivity contribution in [2.75, 3.05) is 12.0 Å². The molecule has 0 atom stereocenters. The zero-order chi connectivity index (χ0) is 10.2. The Balaban J connectivity index is 3.47. The fourth-order valence-corrected chi connectivity index (χ4v) is 1.44. The van der Waals surface area contributed by atoms with Crippen LogP contribution in [0, 0.1) is 5.82 Å². The van der Waals surface area contributed by atoms with Crippen LogP contribution in [0.25, 0.3) is 0 Å². The van der Waals surface area contributed by atoms with E-state index < -0.39 is 27.1 Å². The Morgan fingerprint density at radius 3 is 2.38 bits per heavy atom. The Morgan fingerprint density at radius 1 is 1.46 bits per heavy atom. The fourth-order valence-electron chi connectivity index (χ4n) is 0.793. The van der Waals surface area contributed by atoms with Gasteiger partial charge in [0.1, 0.15) is 11.4 Å². The Morgan fingerprint density at radius 2 is 2.00 bits per heavy atom. The molecule has 0 amide bonds. The number of aromatic hydroxyl groups is 1. The van der Waals surface area contributed by atoms with Crippen molar-refractivity contribution in [2.24, 2.45) is 0 Å². The van der Waals surface area contributed by atoms with E-state index in [0.29, 0.717) is 0 Å². The lowest BCUT2D eigenvalue weighted by Gasteiger charge is -2.03. The summed E-state index contributed by atoms with van der Waals surface area (Å²) in [7, 11) is -3.52. The second-order valence-electron chi connectivity index (χ2n) is 2.61. The monoisotopic (exact) mass is 205 g/mol. The van der Waals surface area contributed by atoms with E-state index in [1.807, 2.05) is 0 Å². The number of anilines is 1. The normalized spacial score (nSPS) is 11.5. The molecule has 0 unspecified atom stereocenters. The molecule has 0 fully saturated rings. The summed E-state index contributed by atoms with van der Waals surface area (Å²) in [5.41, 5.74) is 4.62. The smallest absolute Gasteiger partial charge is 0.175 e. The minimum Gasteiger partial charge on any atom is -0.506 e. The van der Waals surface area contributed by atoms with Gasteiger partial charge in [-0.15, -0.1) is 0 Å². The number of sulfone groups is 1. The van der Waals surface area contributed by atoms with Gasteiger partial charge in [-0.2, -0.15) is 0 Å². The van der Waals surface area contributed by atoms with Crippen LogP contribution < -0.4 is 5.73 Å². The van der Waals surface area contributed by atoms with Crippen molar-refractivity contribution in [1.29, 1.82) is 0 Å². The fraction of sp³-hybridized carbons (Fsp3) is 0.143. The maximum Gasteiger partial charge on any atom is 0.175 e. The van der Waals surface area contributed by atoms with E-state index in [2.05, 4.69) is 0 Å². The van der Waals surface area contributed by atoms with E-state index in [-0.39, 0.29) is 4.90 Å². The molecular weight excluding hydrogens is 197 g/mol. The largest absolute Gasteiger partial charge is 0.506 e. The van der Waals surface area contributed by atoms with Crippen LogP contribution in [0.1, 0.15) is 0 Å². The number of phenols is 1. The first-order chi connectivity index (χ1) is 5.82. The lowest BCUT2D eigenvalue weighted by Crippen LogP contribution is -2.00. The third kappa shape index (κ3) is 1.89. The molecule has 1 aromatic rings.